The van der Waals surface area contributed by atoms with Crippen molar-refractivity contribution in [2.24, 2.45) is 10.8 Å². The highest BCUT2D eigenvalue weighted by Gasteiger charge is 2.40. The van der Waals surface area contributed by atoms with Crippen LogP contribution in [0.5, 0.6) is 0 Å². The minimum Gasteiger partial charge on any atom is -0.392 e. The predicted molar refractivity (Wildman–Crippen MR) is 63.4 cm³/mol. The van der Waals surface area contributed by atoms with Crippen molar-refractivity contribution in [2.75, 3.05) is 0 Å². The lowest BCUT2D eigenvalue weighted by atomic mass is 9.65. The van der Waals surface area contributed by atoms with Gasteiger partial charge in [0.25, 0.3) is 0 Å². The van der Waals surface area contributed by atoms with E-state index >= 15 is 0 Å². The van der Waals surface area contributed by atoms with Crippen LogP contribution in [0.3, 0.4) is 0 Å². The van der Waals surface area contributed by atoms with Gasteiger partial charge in [-0.05, 0) is 36.5 Å². The zero-order valence-electron chi connectivity index (χ0n) is 10.9. The minimum absolute atomic E-state index is 0.0841. The number of rotatable bonds is 6. The Bertz CT molecular complexity index is 137. The topological polar surface area (TPSA) is 20.2 Å². The maximum atomic E-state index is 10.5. The van der Waals surface area contributed by atoms with E-state index in [1.165, 1.54) is 0 Å². The molecule has 1 nitrogen and oxygen atoms in total. The monoisotopic (exact) mass is 200 g/mol. The van der Waals surface area contributed by atoms with Crippen molar-refractivity contribution in [1.29, 1.82) is 0 Å². The highest BCUT2D eigenvalue weighted by atomic mass is 16.3. The molecule has 0 unspecified atom stereocenters. The summed E-state index contributed by atoms with van der Waals surface area (Å²) in [7, 11) is 0. The van der Waals surface area contributed by atoms with Crippen LogP contribution in [0.25, 0.3) is 0 Å². The summed E-state index contributed by atoms with van der Waals surface area (Å²) >= 11 is 0. The van der Waals surface area contributed by atoms with E-state index in [1.54, 1.807) is 0 Å². The molecule has 14 heavy (non-hydrogen) atoms. The van der Waals surface area contributed by atoms with Crippen molar-refractivity contribution in [3.05, 3.63) is 0 Å². The van der Waals surface area contributed by atoms with Crippen LogP contribution in [0, 0.1) is 10.8 Å². The summed E-state index contributed by atoms with van der Waals surface area (Å²) in [6.45, 7) is 13.1. The molecule has 0 spiro atoms. The largest absolute Gasteiger partial charge is 0.392 e. The first-order valence-corrected chi connectivity index (χ1v) is 6.08. The fourth-order valence-electron chi connectivity index (χ4n) is 2.11. The molecule has 0 atom stereocenters. The van der Waals surface area contributed by atoms with Crippen LogP contribution >= 0.6 is 0 Å². The summed E-state index contributed by atoms with van der Waals surface area (Å²) in [5.74, 6) is 0. The maximum absolute atomic E-state index is 10.5. The van der Waals surface area contributed by atoms with Gasteiger partial charge in [0, 0.05) is 0 Å². The van der Waals surface area contributed by atoms with E-state index < -0.39 is 0 Å². The molecule has 0 aliphatic heterocycles. The summed E-state index contributed by atoms with van der Waals surface area (Å²) < 4.78 is 0. The highest BCUT2D eigenvalue weighted by Crippen LogP contribution is 2.43. The molecule has 1 heteroatoms. The highest BCUT2D eigenvalue weighted by molar-refractivity contribution is 4.91. The average molecular weight is 200 g/mol. The maximum Gasteiger partial charge on any atom is 0.0646 e. The second-order valence-electron chi connectivity index (χ2n) is 5.12. The third-order valence-corrected chi connectivity index (χ3v) is 4.55. The van der Waals surface area contributed by atoms with E-state index in [2.05, 4.69) is 41.5 Å². The second-order valence-corrected chi connectivity index (χ2v) is 5.12. The zero-order chi connectivity index (χ0) is 11.4. The normalized spacial score (nSPS) is 13.7. The SMILES string of the molecule is CCC(C)(CC)C(O)C(C)(CC)CC. The molecule has 0 aromatic heterocycles. The van der Waals surface area contributed by atoms with Crippen molar-refractivity contribution in [2.45, 2.75) is 73.3 Å². The molecule has 0 aromatic carbocycles. The van der Waals surface area contributed by atoms with Crippen LogP contribution in [0.4, 0.5) is 0 Å². The lowest BCUT2D eigenvalue weighted by Crippen LogP contribution is -2.43. The Kier molecular flexibility index (Phi) is 5.14. The first kappa shape index (κ1) is 14.0. The van der Waals surface area contributed by atoms with Gasteiger partial charge in [0.15, 0.2) is 0 Å². The van der Waals surface area contributed by atoms with E-state index in [4.69, 9.17) is 0 Å². The van der Waals surface area contributed by atoms with Gasteiger partial charge in [-0.3, -0.25) is 0 Å². The quantitative estimate of drug-likeness (QED) is 0.687. The Labute approximate surface area is 89.9 Å². The molecule has 0 aromatic rings. The molecular weight excluding hydrogens is 172 g/mol. The minimum atomic E-state index is -0.181. The van der Waals surface area contributed by atoms with Gasteiger partial charge in [-0.1, -0.05) is 41.5 Å². The van der Waals surface area contributed by atoms with E-state index in [0.29, 0.717) is 0 Å². The molecule has 0 radical (unpaired) electrons. The van der Waals surface area contributed by atoms with Crippen LogP contribution in [0.1, 0.15) is 67.2 Å². The molecule has 0 fully saturated rings. The van der Waals surface area contributed by atoms with Gasteiger partial charge in [-0.15, -0.1) is 0 Å². The number of hydrogen-bond donors (Lipinski definition) is 1. The average Bonchev–Trinajstić information content (AvgIpc) is 2.25. The van der Waals surface area contributed by atoms with Crippen LogP contribution in [0.15, 0.2) is 0 Å². The molecule has 0 aliphatic rings. The molecule has 86 valence electrons. The Morgan fingerprint density at radius 3 is 1.14 bits per heavy atom. The molecule has 1 N–H and O–H groups in total. The molecule has 0 amide bonds. The Hall–Kier alpha value is -0.0400. The molecule has 0 saturated carbocycles. The fraction of sp³-hybridized carbons (Fsp3) is 1.00. The molecule has 0 bridgehead atoms. The van der Waals surface area contributed by atoms with E-state index in [9.17, 15) is 5.11 Å². The summed E-state index contributed by atoms with van der Waals surface area (Å²) in [5.41, 5.74) is 0.168. The third kappa shape index (κ3) is 2.50. The third-order valence-electron chi connectivity index (χ3n) is 4.55. The van der Waals surface area contributed by atoms with Crippen molar-refractivity contribution >= 4 is 0 Å². The van der Waals surface area contributed by atoms with E-state index in [1.807, 2.05) is 0 Å². The van der Waals surface area contributed by atoms with E-state index in [0.717, 1.165) is 25.7 Å². The standard InChI is InChI=1S/C13H28O/c1-7-12(5,8-2)11(14)13(6,9-3)10-4/h11,14H,7-10H2,1-6H3. The van der Waals surface area contributed by atoms with Gasteiger partial charge >= 0.3 is 0 Å². The Morgan fingerprint density at radius 1 is 0.786 bits per heavy atom. The first-order chi connectivity index (χ1) is 6.40. The van der Waals surface area contributed by atoms with Gasteiger partial charge in [0.05, 0.1) is 6.10 Å². The predicted octanol–water partition coefficient (Wildman–Crippen LogP) is 4.00. The van der Waals surface area contributed by atoms with Crippen LogP contribution in [-0.4, -0.2) is 11.2 Å². The summed E-state index contributed by atoms with van der Waals surface area (Å²) in [4.78, 5) is 0. The smallest absolute Gasteiger partial charge is 0.0646 e. The number of aliphatic hydroxyl groups excluding tert-OH is 1. The molecule has 0 rings (SSSR count). The Balaban J connectivity index is 4.80. The summed E-state index contributed by atoms with van der Waals surface area (Å²) in [5, 5.41) is 10.5. The lowest BCUT2D eigenvalue weighted by Gasteiger charge is -2.44. The molecule has 0 aliphatic carbocycles. The van der Waals surface area contributed by atoms with Crippen LogP contribution < -0.4 is 0 Å². The first-order valence-electron chi connectivity index (χ1n) is 6.08. The second kappa shape index (κ2) is 5.16. The van der Waals surface area contributed by atoms with Gasteiger partial charge in [-0.2, -0.15) is 0 Å². The van der Waals surface area contributed by atoms with Crippen molar-refractivity contribution in [1.82, 2.24) is 0 Å². The van der Waals surface area contributed by atoms with Crippen molar-refractivity contribution in [3.63, 3.8) is 0 Å². The molecular formula is C13H28O. The summed E-state index contributed by atoms with van der Waals surface area (Å²) in [6, 6.07) is 0. The van der Waals surface area contributed by atoms with Gasteiger partial charge in [0.2, 0.25) is 0 Å². The van der Waals surface area contributed by atoms with Gasteiger partial charge in [0.1, 0.15) is 0 Å². The van der Waals surface area contributed by atoms with Crippen molar-refractivity contribution in [3.8, 4) is 0 Å². The van der Waals surface area contributed by atoms with Crippen LogP contribution in [0.2, 0.25) is 0 Å². The van der Waals surface area contributed by atoms with Crippen LogP contribution in [-0.2, 0) is 0 Å². The van der Waals surface area contributed by atoms with Gasteiger partial charge in [-0.25, -0.2) is 0 Å². The molecule has 0 saturated heterocycles. The Morgan fingerprint density at radius 2 is 1.00 bits per heavy atom. The van der Waals surface area contributed by atoms with Gasteiger partial charge < -0.3 is 5.11 Å². The number of aliphatic hydroxyl groups is 1. The number of hydrogen-bond acceptors (Lipinski definition) is 1. The fourth-order valence-corrected chi connectivity index (χ4v) is 2.11. The van der Waals surface area contributed by atoms with Crippen molar-refractivity contribution < 1.29 is 5.11 Å². The van der Waals surface area contributed by atoms with E-state index in [-0.39, 0.29) is 16.9 Å². The zero-order valence-corrected chi connectivity index (χ0v) is 10.9. The summed E-state index contributed by atoms with van der Waals surface area (Å²) in [6.07, 6.45) is 4.04. The lowest BCUT2D eigenvalue weighted by molar-refractivity contribution is -0.0658. The molecule has 0 heterocycles.